The Morgan fingerprint density at radius 1 is 0.839 bits per heavy atom. The molecule has 0 aliphatic carbocycles. The van der Waals surface area contributed by atoms with Gasteiger partial charge in [-0.2, -0.15) is 0 Å². The molecule has 3 heterocycles. The molecule has 0 radical (unpaired) electrons. The van der Waals surface area contributed by atoms with Crippen LogP contribution >= 0.6 is 0 Å². The van der Waals surface area contributed by atoms with Crippen LogP contribution in [0.2, 0.25) is 0 Å². The molecule has 0 saturated heterocycles. The van der Waals surface area contributed by atoms with E-state index in [-0.39, 0.29) is 11.2 Å². The number of pyridine rings is 1. The van der Waals surface area contributed by atoms with Crippen molar-refractivity contribution in [3.8, 4) is 22.8 Å². The summed E-state index contributed by atoms with van der Waals surface area (Å²) >= 11 is 0. The van der Waals surface area contributed by atoms with Crippen molar-refractivity contribution in [2.75, 3.05) is 0 Å². The van der Waals surface area contributed by atoms with E-state index in [4.69, 9.17) is 0 Å². The highest BCUT2D eigenvalue weighted by Crippen LogP contribution is 2.38. The zero-order chi connectivity index (χ0) is 22.2. The van der Waals surface area contributed by atoms with Crippen LogP contribution in [0, 0.1) is 19.8 Å². The third kappa shape index (κ3) is 3.72. The summed E-state index contributed by atoms with van der Waals surface area (Å²) in [6.45, 7) is 10.7. The number of hydrogen-bond donors (Lipinski definition) is 1. The molecular formula is C26H28N4O. The van der Waals surface area contributed by atoms with Gasteiger partial charge < -0.3 is 9.67 Å². The van der Waals surface area contributed by atoms with Gasteiger partial charge in [-0.3, -0.25) is 4.98 Å². The van der Waals surface area contributed by atoms with Gasteiger partial charge in [-0.15, -0.1) is 10.2 Å². The largest absolute Gasteiger partial charge is 0.506 e. The molecule has 0 saturated carbocycles. The molecule has 31 heavy (non-hydrogen) atoms. The van der Waals surface area contributed by atoms with Crippen LogP contribution in [0.1, 0.15) is 43.4 Å². The molecule has 0 spiro atoms. The standard InChI is InChI=1S/C26H28N4O/c1-17(2)26(5,24-14-12-22(31)16-27-24)21-10-8-20(9-11-21)23-13-15-25(29-28-23)30-18(3)6-7-19(30)4/h6-17,31H,1-5H3. The highest BCUT2D eigenvalue weighted by molar-refractivity contribution is 5.60. The Morgan fingerprint density at radius 3 is 2.03 bits per heavy atom. The number of benzene rings is 1. The van der Waals surface area contributed by atoms with E-state index < -0.39 is 0 Å². The summed E-state index contributed by atoms with van der Waals surface area (Å²) in [5.74, 6) is 1.33. The number of aromatic hydroxyl groups is 1. The van der Waals surface area contributed by atoms with Crippen LogP contribution in [0.4, 0.5) is 0 Å². The minimum absolute atomic E-state index is 0.178. The Labute approximate surface area is 183 Å². The third-order valence-electron chi connectivity index (χ3n) is 6.37. The zero-order valence-electron chi connectivity index (χ0n) is 18.7. The maximum absolute atomic E-state index is 9.63. The van der Waals surface area contributed by atoms with Crippen molar-refractivity contribution in [2.24, 2.45) is 5.92 Å². The summed E-state index contributed by atoms with van der Waals surface area (Å²) in [7, 11) is 0. The van der Waals surface area contributed by atoms with Crippen molar-refractivity contribution in [1.82, 2.24) is 19.7 Å². The summed E-state index contributed by atoms with van der Waals surface area (Å²) < 4.78 is 2.10. The predicted octanol–water partition coefficient (Wildman–Crippen LogP) is 5.61. The van der Waals surface area contributed by atoms with E-state index in [1.54, 1.807) is 6.07 Å². The molecule has 5 nitrogen and oxygen atoms in total. The van der Waals surface area contributed by atoms with E-state index >= 15 is 0 Å². The van der Waals surface area contributed by atoms with Crippen LogP contribution in [0.15, 0.2) is 66.9 Å². The van der Waals surface area contributed by atoms with E-state index in [0.29, 0.717) is 5.92 Å². The second-order valence-electron chi connectivity index (χ2n) is 8.56. The first-order valence-electron chi connectivity index (χ1n) is 10.6. The molecule has 4 rings (SSSR count). The van der Waals surface area contributed by atoms with Gasteiger partial charge in [0.25, 0.3) is 0 Å². The molecular weight excluding hydrogens is 384 g/mol. The molecule has 0 bridgehead atoms. The first-order chi connectivity index (χ1) is 14.8. The minimum Gasteiger partial charge on any atom is -0.506 e. The van der Waals surface area contributed by atoms with Gasteiger partial charge in [0, 0.05) is 22.4 Å². The van der Waals surface area contributed by atoms with Gasteiger partial charge in [-0.1, -0.05) is 38.1 Å². The van der Waals surface area contributed by atoms with Gasteiger partial charge in [0.2, 0.25) is 0 Å². The maximum Gasteiger partial charge on any atom is 0.159 e. The van der Waals surface area contributed by atoms with Crippen molar-refractivity contribution < 1.29 is 5.11 Å². The lowest BCUT2D eigenvalue weighted by Crippen LogP contribution is -2.31. The summed E-state index contributed by atoms with van der Waals surface area (Å²) in [5.41, 5.74) is 5.98. The fourth-order valence-electron chi connectivity index (χ4n) is 4.09. The molecule has 0 fully saturated rings. The number of nitrogens with zero attached hydrogens (tertiary/aromatic N) is 4. The average molecular weight is 413 g/mol. The molecule has 1 N–H and O–H groups in total. The van der Waals surface area contributed by atoms with Crippen LogP contribution in [-0.4, -0.2) is 24.9 Å². The Morgan fingerprint density at radius 2 is 1.52 bits per heavy atom. The molecule has 5 heteroatoms. The van der Waals surface area contributed by atoms with E-state index in [0.717, 1.165) is 34.2 Å². The molecule has 0 aliphatic heterocycles. The van der Waals surface area contributed by atoms with Gasteiger partial charge in [0.1, 0.15) is 5.75 Å². The van der Waals surface area contributed by atoms with Gasteiger partial charge >= 0.3 is 0 Å². The Bertz CT molecular complexity index is 1160. The van der Waals surface area contributed by atoms with E-state index in [1.807, 2.05) is 18.2 Å². The van der Waals surface area contributed by atoms with Crippen LogP contribution in [-0.2, 0) is 5.41 Å². The third-order valence-corrected chi connectivity index (χ3v) is 6.37. The molecule has 0 aliphatic rings. The SMILES string of the molecule is Cc1ccc(C)n1-c1ccc(-c2ccc(C(C)(c3ccc(O)cn3)C(C)C)cc2)nn1. The first-order valence-corrected chi connectivity index (χ1v) is 10.6. The van der Waals surface area contributed by atoms with Crippen molar-refractivity contribution in [3.63, 3.8) is 0 Å². The lowest BCUT2D eigenvalue weighted by Gasteiger charge is -2.34. The fourth-order valence-corrected chi connectivity index (χ4v) is 4.09. The van der Waals surface area contributed by atoms with E-state index in [9.17, 15) is 5.11 Å². The number of rotatable bonds is 5. The summed E-state index contributed by atoms with van der Waals surface area (Å²) in [6, 6.07) is 20.2. The minimum atomic E-state index is -0.273. The summed E-state index contributed by atoms with van der Waals surface area (Å²) in [6.07, 6.45) is 1.51. The Balaban J connectivity index is 1.65. The lowest BCUT2D eigenvalue weighted by atomic mass is 9.70. The van der Waals surface area contributed by atoms with Gasteiger partial charge in [0.15, 0.2) is 5.82 Å². The molecule has 158 valence electrons. The second kappa shape index (κ2) is 7.99. The van der Waals surface area contributed by atoms with Gasteiger partial charge in [-0.25, -0.2) is 0 Å². The van der Waals surface area contributed by atoms with Crippen LogP contribution in [0.5, 0.6) is 5.75 Å². The second-order valence-corrected chi connectivity index (χ2v) is 8.56. The number of aromatic nitrogens is 4. The van der Waals surface area contributed by atoms with E-state index in [2.05, 4.69) is 90.8 Å². The molecule has 1 aromatic carbocycles. The lowest BCUT2D eigenvalue weighted by molar-refractivity contribution is 0.393. The van der Waals surface area contributed by atoms with Crippen molar-refractivity contribution in [3.05, 3.63) is 89.5 Å². The smallest absolute Gasteiger partial charge is 0.159 e. The number of aryl methyl sites for hydroxylation is 2. The fraction of sp³-hybridized carbons (Fsp3) is 0.269. The van der Waals surface area contributed by atoms with Crippen LogP contribution in [0.25, 0.3) is 17.1 Å². The molecule has 3 aromatic heterocycles. The molecule has 0 amide bonds. The van der Waals surface area contributed by atoms with Gasteiger partial charge in [-0.05, 0) is 68.7 Å². The van der Waals surface area contributed by atoms with Crippen molar-refractivity contribution >= 4 is 0 Å². The van der Waals surface area contributed by atoms with Gasteiger partial charge in [0.05, 0.1) is 17.6 Å². The highest BCUT2D eigenvalue weighted by atomic mass is 16.3. The Hall–Kier alpha value is -3.47. The quantitative estimate of drug-likeness (QED) is 0.462. The summed E-state index contributed by atoms with van der Waals surface area (Å²) in [5, 5.41) is 18.6. The maximum atomic E-state index is 9.63. The molecule has 4 aromatic rings. The topological polar surface area (TPSA) is 63.8 Å². The van der Waals surface area contributed by atoms with Crippen LogP contribution < -0.4 is 0 Å². The Kier molecular flexibility index (Phi) is 5.36. The van der Waals surface area contributed by atoms with Crippen molar-refractivity contribution in [2.45, 2.75) is 40.0 Å². The monoisotopic (exact) mass is 412 g/mol. The highest BCUT2D eigenvalue weighted by Gasteiger charge is 2.34. The van der Waals surface area contributed by atoms with Crippen molar-refractivity contribution in [1.29, 1.82) is 0 Å². The average Bonchev–Trinajstić information content (AvgIpc) is 3.12. The summed E-state index contributed by atoms with van der Waals surface area (Å²) in [4.78, 5) is 4.50. The first kappa shape index (κ1) is 20.8. The zero-order valence-corrected chi connectivity index (χ0v) is 18.7. The number of hydrogen-bond acceptors (Lipinski definition) is 4. The molecule has 1 unspecified atom stereocenters. The van der Waals surface area contributed by atoms with E-state index in [1.165, 1.54) is 11.8 Å². The molecule has 1 atom stereocenters. The normalized spacial score (nSPS) is 13.4. The predicted molar refractivity (Wildman–Crippen MR) is 123 cm³/mol. The van der Waals surface area contributed by atoms with Crippen LogP contribution in [0.3, 0.4) is 0 Å².